The first-order valence-corrected chi connectivity index (χ1v) is 5.14. The quantitative estimate of drug-likeness (QED) is 0.737. The van der Waals surface area contributed by atoms with Crippen LogP contribution in [0.3, 0.4) is 0 Å². The van der Waals surface area contributed by atoms with Gasteiger partial charge in [0, 0.05) is 24.6 Å². The van der Waals surface area contributed by atoms with Gasteiger partial charge in [-0.2, -0.15) is 4.39 Å². The highest BCUT2D eigenvalue weighted by Gasteiger charge is 2.26. The Morgan fingerprint density at radius 2 is 2.33 bits per heavy atom. The maximum absolute atomic E-state index is 12.8. The van der Waals surface area contributed by atoms with Gasteiger partial charge in [-0.15, -0.1) is 0 Å². The Balaban J connectivity index is 2.02. The molecule has 0 amide bonds. The summed E-state index contributed by atoms with van der Waals surface area (Å²) in [6.45, 7) is 0.172. The number of aromatic nitrogens is 2. The maximum atomic E-state index is 12.8. The van der Waals surface area contributed by atoms with Crippen LogP contribution in [0.15, 0.2) is 12.4 Å². The normalized spacial score (nSPS) is 25.5. The summed E-state index contributed by atoms with van der Waals surface area (Å²) in [4.78, 5) is 7.31. The first-order chi connectivity index (χ1) is 7.29. The number of halogens is 1. The molecule has 2 atom stereocenters. The van der Waals surface area contributed by atoms with Crippen molar-refractivity contribution in [3.05, 3.63) is 18.3 Å². The molecule has 5 heteroatoms. The summed E-state index contributed by atoms with van der Waals surface area (Å²) in [7, 11) is 0. The number of aliphatic hydroxyl groups excluding tert-OH is 1. The number of nitrogens with zero attached hydrogens (tertiary/aromatic N) is 2. The molecule has 1 saturated carbocycles. The van der Waals surface area contributed by atoms with Gasteiger partial charge in [0.1, 0.15) is 12.1 Å². The van der Waals surface area contributed by atoms with E-state index in [9.17, 15) is 4.39 Å². The predicted octanol–water partition coefficient (Wildman–Crippen LogP) is 1.19. The predicted molar refractivity (Wildman–Crippen MR) is 53.8 cm³/mol. The van der Waals surface area contributed by atoms with E-state index in [4.69, 9.17) is 5.11 Å². The molecule has 1 aromatic rings. The number of hydrogen-bond donors (Lipinski definition) is 2. The molecule has 0 bridgehead atoms. The van der Waals surface area contributed by atoms with Crippen molar-refractivity contribution in [2.75, 3.05) is 11.9 Å². The monoisotopic (exact) mass is 211 g/mol. The molecule has 82 valence electrons. The fourth-order valence-corrected chi connectivity index (χ4v) is 2.05. The molecule has 4 nitrogen and oxygen atoms in total. The summed E-state index contributed by atoms with van der Waals surface area (Å²) in [5.41, 5.74) is 0. The molecule has 0 radical (unpaired) electrons. The Morgan fingerprint density at radius 3 is 3.07 bits per heavy atom. The Labute approximate surface area is 87.6 Å². The molecule has 1 fully saturated rings. The molecule has 1 heterocycles. The molecule has 0 aliphatic heterocycles. The van der Waals surface area contributed by atoms with Crippen LogP contribution in [0.2, 0.25) is 0 Å². The molecule has 15 heavy (non-hydrogen) atoms. The first kappa shape index (κ1) is 10.3. The van der Waals surface area contributed by atoms with Crippen LogP contribution in [0.1, 0.15) is 19.3 Å². The Morgan fingerprint density at radius 1 is 1.47 bits per heavy atom. The van der Waals surface area contributed by atoms with E-state index in [1.165, 1.54) is 12.4 Å². The third-order valence-corrected chi connectivity index (χ3v) is 2.86. The Hall–Kier alpha value is -1.23. The van der Waals surface area contributed by atoms with Crippen molar-refractivity contribution in [1.29, 1.82) is 0 Å². The van der Waals surface area contributed by atoms with Crippen molar-refractivity contribution < 1.29 is 9.50 Å². The molecule has 1 aliphatic rings. The van der Waals surface area contributed by atoms with E-state index in [0.717, 1.165) is 19.3 Å². The van der Waals surface area contributed by atoms with Gasteiger partial charge in [-0.25, -0.2) is 9.97 Å². The number of aliphatic hydroxyl groups is 1. The third-order valence-electron chi connectivity index (χ3n) is 2.86. The molecular weight excluding hydrogens is 197 g/mol. The lowest BCUT2D eigenvalue weighted by Gasteiger charge is -2.19. The van der Waals surface area contributed by atoms with E-state index in [0.29, 0.717) is 5.82 Å². The van der Waals surface area contributed by atoms with Crippen LogP contribution < -0.4 is 5.32 Å². The lowest BCUT2D eigenvalue weighted by atomic mass is 10.1. The van der Waals surface area contributed by atoms with Crippen molar-refractivity contribution >= 4 is 5.82 Å². The highest BCUT2D eigenvalue weighted by Crippen LogP contribution is 2.27. The van der Waals surface area contributed by atoms with Gasteiger partial charge in [-0.3, -0.25) is 0 Å². The maximum Gasteiger partial charge on any atom is 0.217 e. The fourth-order valence-electron chi connectivity index (χ4n) is 2.05. The van der Waals surface area contributed by atoms with Gasteiger partial charge in [-0.05, 0) is 12.8 Å². The van der Waals surface area contributed by atoms with Crippen molar-refractivity contribution in [1.82, 2.24) is 9.97 Å². The van der Waals surface area contributed by atoms with E-state index in [1.54, 1.807) is 0 Å². The van der Waals surface area contributed by atoms with Gasteiger partial charge in [0.2, 0.25) is 5.95 Å². The summed E-state index contributed by atoms with van der Waals surface area (Å²) < 4.78 is 12.8. The summed E-state index contributed by atoms with van der Waals surface area (Å²) >= 11 is 0. The average molecular weight is 211 g/mol. The molecule has 1 aliphatic carbocycles. The minimum atomic E-state index is -0.536. The smallest absolute Gasteiger partial charge is 0.217 e. The zero-order chi connectivity index (χ0) is 10.7. The third kappa shape index (κ3) is 2.41. The second-order valence-electron chi connectivity index (χ2n) is 3.85. The Kier molecular flexibility index (Phi) is 3.11. The van der Waals surface area contributed by atoms with Gasteiger partial charge in [0.25, 0.3) is 0 Å². The van der Waals surface area contributed by atoms with E-state index in [-0.39, 0.29) is 18.6 Å². The zero-order valence-corrected chi connectivity index (χ0v) is 8.36. The molecule has 0 saturated heterocycles. The zero-order valence-electron chi connectivity index (χ0n) is 8.36. The van der Waals surface area contributed by atoms with Crippen LogP contribution in [0.25, 0.3) is 0 Å². The largest absolute Gasteiger partial charge is 0.396 e. The summed E-state index contributed by atoms with van der Waals surface area (Å²) in [6, 6.07) is 1.47. The Bertz CT molecular complexity index is 334. The van der Waals surface area contributed by atoms with Crippen LogP contribution in [-0.4, -0.2) is 27.7 Å². The van der Waals surface area contributed by atoms with Gasteiger partial charge >= 0.3 is 0 Å². The molecule has 2 unspecified atom stereocenters. The van der Waals surface area contributed by atoms with E-state index >= 15 is 0 Å². The minimum Gasteiger partial charge on any atom is -0.396 e. The molecule has 0 spiro atoms. The van der Waals surface area contributed by atoms with Gasteiger partial charge in [-0.1, -0.05) is 6.42 Å². The molecular formula is C10H14FN3O. The summed E-state index contributed by atoms with van der Waals surface area (Å²) in [5.74, 6) is 0.210. The molecule has 1 aromatic heterocycles. The topological polar surface area (TPSA) is 58.0 Å². The number of hydrogen-bond acceptors (Lipinski definition) is 4. The van der Waals surface area contributed by atoms with Crippen molar-refractivity contribution in [3.63, 3.8) is 0 Å². The summed E-state index contributed by atoms with van der Waals surface area (Å²) in [5, 5.41) is 12.3. The standard InChI is InChI=1S/C10H14FN3O/c11-9-4-10(13-6-12-9)14-8-3-1-2-7(8)5-15/h4,6-8,15H,1-3,5H2,(H,12,13,14). The number of rotatable bonds is 3. The summed E-state index contributed by atoms with van der Waals surface area (Å²) in [6.07, 6.45) is 4.30. The molecule has 2 rings (SSSR count). The lowest BCUT2D eigenvalue weighted by molar-refractivity contribution is 0.222. The van der Waals surface area contributed by atoms with Crippen LogP contribution >= 0.6 is 0 Å². The van der Waals surface area contributed by atoms with Crippen molar-refractivity contribution in [2.24, 2.45) is 5.92 Å². The van der Waals surface area contributed by atoms with Crippen LogP contribution in [0.4, 0.5) is 10.2 Å². The fraction of sp³-hybridized carbons (Fsp3) is 0.600. The minimum absolute atomic E-state index is 0.172. The molecule has 2 N–H and O–H groups in total. The average Bonchev–Trinajstić information content (AvgIpc) is 2.65. The highest BCUT2D eigenvalue weighted by molar-refractivity contribution is 5.34. The lowest BCUT2D eigenvalue weighted by Crippen LogP contribution is -2.26. The van der Waals surface area contributed by atoms with E-state index in [2.05, 4.69) is 15.3 Å². The van der Waals surface area contributed by atoms with Crippen LogP contribution in [-0.2, 0) is 0 Å². The van der Waals surface area contributed by atoms with Crippen LogP contribution in [0.5, 0.6) is 0 Å². The van der Waals surface area contributed by atoms with Crippen LogP contribution in [0, 0.1) is 11.9 Å². The second kappa shape index (κ2) is 4.53. The van der Waals surface area contributed by atoms with Crippen molar-refractivity contribution in [2.45, 2.75) is 25.3 Å². The number of anilines is 1. The van der Waals surface area contributed by atoms with Gasteiger partial charge in [0.05, 0.1) is 0 Å². The van der Waals surface area contributed by atoms with Crippen molar-refractivity contribution in [3.8, 4) is 0 Å². The first-order valence-electron chi connectivity index (χ1n) is 5.14. The van der Waals surface area contributed by atoms with E-state index < -0.39 is 5.95 Å². The second-order valence-corrected chi connectivity index (χ2v) is 3.85. The molecule has 0 aromatic carbocycles. The van der Waals surface area contributed by atoms with Gasteiger partial charge in [0.15, 0.2) is 0 Å². The van der Waals surface area contributed by atoms with Gasteiger partial charge < -0.3 is 10.4 Å². The SMILES string of the molecule is OCC1CCCC1Nc1cc(F)ncn1. The highest BCUT2D eigenvalue weighted by atomic mass is 19.1. The van der Waals surface area contributed by atoms with E-state index in [1.807, 2.05) is 0 Å². The number of nitrogens with one attached hydrogen (secondary N) is 1.